The van der Waals surface area contributed by atoms with E-state index in [0.717, 1.165) is 29.8 Å². The van der Waals surface area contributed by atoms with Crippen LogP contribution < -0.4 is 0 Å². The number of rotatable bonds is 0. The molecule has 0 unspecified atom stereocenters. The topological polar surface area (TPSA) is 36.7 Å². The van der Waals surface area contributed by atoms with Crippen molar-refractivity contribution in [2.45, 2.75) is 51.2 Å². The lowest BCUT2D eigenvalue weighted by molar-refractivity contribution is 0.563. The van der Waals surface area contributed by atoms with E-state index < -0.39 is 0 Å². The fourth-order valence-electron chi connectivity index (χ4n) is 3.01. The van der Waals surface area contributed by atoms with Crippen molar-refractivity contribution >= 4 is 15.7 Å². The summed E-state index contributed by atoms with van der Waals surface area (Å²) in [6.07, 6.45) is 2.17. The SMILES string of the molecule is BC1(B)CCc2c(C)nc(C(C)(C)C)c(C#N)c21. The molecule has 0 fully saturated rings. The van der Waals surface area contributed by atoms with Gasteiger partial charge in [-0.05, 0) is 24.5 Å². The molecule has 1 aromatic heterocycles. The van der Waals surface area contributed by atoms with E-state index >= 15 is 0 Å². The number of aromatic nitrogens is 1. The van der Waals surface area contributed by atoms with E-state index in [0.29, 0.717) is 0 Å². The Bertz CT molecular complexity index is 548. The summed E-state index contributed by atoms with van der Waals surface area (Å²) in [7, 11) is 4.48. The van der Waals surface area contributed by atoms with Crippen LogP contribution in [0.1, 0.15) is 55.3 Å². The van der Waals surface area contributed by atoms with Gasteiger partial charge in [0.1, 0.15) is 21.8 Å². The monoisotopic (exact) mass is 238 g/mol. The molecule has 1 aromatic rings. The summed E-state index contributed by atoms with van der Waals surface area (Å²) in [4.78, 5) is 4.73. The molecular formula is C14H20B2N2. The van der Waals surface area contributed by atoms with E-state index in [1.165, 1.54) is 11.1 Å². The number of fused-ring (bicyclic) bond motifs is 1. The molecule has 2 rings (SSSR count). The summed E-state index contributed by atoms with van der Waals surface area (Å²) in [6.45, 7) is 8.47. The van der Waals surface area contributed by atoms with Gasteiger partial charge in [0, 0.05) is 11.1 Å². The molecule has 0 radical (unpaired) electrons. The maximum Gasteiger partial charge on any atom is 0.105 e. The Kier molecular flexibility index (Phi) is 2.85. The van der Waals surface area contributed by atoms with Crippen LogP contribution in [-0.2, 0) is 17.0 Å². The first-order valence-corrected chi connectivity index (χ1v) is 6.63. The van der Waals surface area contributed by atoms with Gasteiger partial charge in [0.2, 0.25) is 0 Å². The van der Waals surface area contributed by atoms with Crippen LogP contribution in [0.5, 0.6) is 0 Å². The van der Waals surface area contributed by atoms with Gasteiger partial charge in [-0.15, -0.1) is 0 Å². The molecule has 1 heterocycles. The second-order valence-electron chi connectivity index (χ2n) is 7.02. The van der Waals surface area contributed by atoms with Gasteiger partial charge in [0.25, 0.3) is 0 Å². The quantitative estimate of drug-likeness (QED) is 0.630. The number of nitrogens with zero attached hydrogens (tertiary/aromatic N) is 2. The minimum absolute atomic E-state index is 0.0798. The van der Waals surface area contributed by atoms with Crippen LogP contribution in [0, 0.1) is 18.3 Å². The predicted molar refractivity (Wildman–Crippen MR) is 79.5 cm³/mol. The summed E-state index contributed by atoms with van der Waals surface area (Å²) in [6, 6.07) is 2.42. The Morgan fingerprint density at radius 1 is 1.33 bits per heavy atom. The second-order valence-corrected chi connectivity index (χ2v) is 7.02. The molecule has 0 saturated carbocycles. The summed E-state index contributed by atoms with van der Waals surface area (Å²) in [5.41, 5.74) is 5.37. The van der Waals surface area contributed by atoms with E-state index in [1.807, 2.05) is 0 Å². The van der Waals surface area contributed by atoms with Crippen LogP contribution in [0.25, 0.3) is 0 Å². The molecule has 0 aromatic carbocycles. The van der Waals surface area contributed by atoms with Gasteiger partial charge >= 0.3 is 0 Å². The van der Waals surface area contributed by atoms with Gasteiger partial charge < -0.3 is 0 Å². The highest BCUT2D eigenvalue weighted by molar-refractivity contribution is 6.40. The van der Waals surface area contributed by atoms with Crippen molar-refractivity contribution in [3.8, 4) is 6.07 Å². The fraction of sp³-hybridized carbons (Fsp3) is 0.571. The van der Waals surface area contributed by atoms with E-state index in [9.17, 15) is 5.26 Å². The maximum atomic E-state index is 9.58. The number of hydrogen-bond donors (Lipinski definition) is 0. The zero-order valence-corrected chi connectivity index (χ0v) is 12.3. The highest BCUT2D eigenvalue weighted by Crippen LogP contribution is 2.40. The van der Waals surface area contributed by atoms with Crippen molar-refractivity contribution in [2.75, 3.05) is 0 Å². The Balaban J connectivity index is 2.84. The summed E-state index contributed by atoms with van der Waals surface area (Å²) >= 11 is 0. The van der Waals surface area contributed by atoms with Crippen LogP contribution in [0.2, 0.25) is 0 Å². The number of aryl methyl sites for hydroxylation is 1. The molecule has 2 nitrogen and oxygen atoms in total. The molecule has 0 bridgehead atoms. The molecule has 0 aliphatic heterocycles. The first kappa shape index (κ1) is 13.2. The third kappa shape index (κ3) is 1.86. The summed E-state index contributed by atoms with van der Waals surface area (Å²) in [5, 5.41) is 9.68. The number of hydrogen-bond acceptors (Lipinski definition) is 2. The van der Waals surface area contributed by atoms with Crippen molar-refractivity contribution in [2.24, 2.45) is 0 Å². The minimum atomic E-state index is -0.0798. The fourth-order valence-corrected chi connectivity index (χ4v) is 3.01. The maximum absolute atomic E-state index is 9.58. The van der Waals surface area contributed by atoms with E-state index in [2.05, 4.69) is 49.5 Å². The van der Waals surface area contributed by atoms with Crippen LogP contribution in [0.3, 0.4) is 0 Å². The van der Waals surface area contributed by atoms with Crippen molar-refractivity contribution < 1.29 is 0 Å². The molecule has 0 N–H and O–H groups in total. The van der Waals surface area contributed by atoms with Gasteiger partial charge in [-0.25, -0.2) is 0 Å². The Morgan fingerprint density at radius 3 is 2.44 bits per heavy atom. The van der Waals surface area contributed by atoms with Crippen molar-refractivity contribution in [1.29, 1.82) is 5.26 Å². The molecule has 92 valence electrons. The second kappa shape index (κ2) is 3.88. The lowest BCUT2D eigenvalue weighted by Gasteiger charge is -2.26. The molecule has 4 heteroatoms. The normalized spacial score (nSPS) is 17.3. The largest absolute Gasteiger partial charge is 0.256 e. The summed E-state index contributed by atoms with van der Waals surface area (Å²) < 4.78 is 0. The van der Waals surface area contributed by atoms with Crippen LogP contribution in [0.15, 0.2) is 0 Å². The van der Waals surface area contributed by atoms with Gasteiger partial charge in [0.05, 0.1) is 11.3 Å². The first-order valence-electron chi connectivity index (χ1n) is 6.63. The number of nitriles is 1. The van der Waals surface area contributed by atoms with E-state index in [1.54, 1.807) is 0 Å². The van der Waals surface area contributed by atoms with Crippen LogP contribution >= 0.6 is 0 Å². The molecule has 1 aliphatic carbocycles. The van der Waals surface area contributed by atoms with Crippen LogP contribution in [0.4, 0.5) is 0 Å². The molecule has 18 heavy (non-hydrogen) atoms. The highest BCUT2D eigenvalue weighted by Gasteiger charge is 2.37. The Hall–Kier alpha value is -1.23. The first-order chi connectivity index (χ1) is 8.18. The van der Waals surface area contributed by atoms with Crippen molar-refractivity contribution in [3.63, 3.8) is 0 Å². The summed E-state index contributed by atoms with van der Waals surface area (Å²) in [5.74, 6) is 0. The van der Waals surface area contributed by atoms with Gasteiger partial charge in [-0.2, -0.15) is 5.26 Å². The molecule has 0 spiro atoms. The average Bonchev–Trinajstić information content (AvgIpc) is 2.55. The molecule has 0 atom stereocenters. The average molecular weight is 238 g/mol. The zero-order chi connectivity index (χ0) is 13.7. The predicted octanol–water partition coefficient (Wildman–Crippen LogP) is 0.924. The molecular weight excluding hydrogens is 218 g/mol. The van der Waals surface area contributed by atoms with Gasteiger partial charge in [-0.1, -0.05) is 32.4 Å². The van der Waals surface area contributed by atoms with Crippen molar-refractivity contribution in [3.05, 3.63) is 28.1 Å². The minimum Gasteiger partial charge on any atom is -0.256 e. The Labute approximate surface area is 112 Å². The standard InChI is InChI=1S/C14H20B2N2/c1-8-9-5-6-14(15,16)11(9)10(7-17)12(18-8)13(2,3)4/h5-6,15-16H2,1-4H3. The van der Waals surface area contributed by atoms with E-state index in [-0.39, 0.29) is 10.6 Å². The molecule has 0 amide bonds. The third-order valence-electron chi connectivity index (χ3n) is 4.00. The third-order valence-corrected chi connectivity index (χ3v) is 4.00. The Morgan fingerprint density at radius 2 is 1.94 bits per heavy atom. The highest BCUT2D eigenvalue weighted by atomic mass is 14.7. The van der Waals surface area contributed by atoms with Gasteiger partial charge in [0.15, 0.2) is 0 Å². The number of pyridine rings is 1. The molecule has 0 saturated heterocycles. The zero-order valence-electron chi connectivity index (χ0n) is 12.3. The molecule has 1 aliphatic rings. The van der Waals surface area contributed by atoms with Crippen molar-refractivity contribution in [1.82, 2.24) is 4.98 Å². The smallest absolute Gasteiger partial charge is 0.105 e. The van der Waals surface area contributed by atoms with Gasteiger partial charge in [-0.3, -0.25) is 4.98 Å². The lowest BCUT2D eigenvalue weighted by Crippen LogP contribution is -2.27. The van der Waals surface area contributed by atoms with E-state index in [4.69, 9.17) is 4.98 Å². The lowest BCUT2D eigenvalue weighted by atomic mass is 9.51. The van der Waals surface area contributed by atoms with Crippen LogP contribution in [-0.4, -0.2) is 20.7 Å².